The maximum Gasteiger partial charge on any atom is 0.324 e. The van der Waals surface area contributed by atoms with Crippen molar-refractivity contribution in [3.05, 3.63) is 41.9 Å². The molecule has 0 bridgehead atoms. The van der Waals surface area contributed by atoms with Gasteiger partial charge in [0.25, 0.3) is 0 Å². The van der Waals surface area contributed by atoms with E-state index in [0.29, 0.717) is 17.3 Å². The van der Waals surface area contributed by atoms with Gasteiger partial charge in [-0.2, -0.15) is 0 Å². The van der Waals surface area contributed by atoms with Crippen molar-refractivity contribution in [1.29, 1.82) is 0 Å². The molecule has 7 heteroatoms. The highest BCUT2D eigenvalue weighted by Gasteiger charge is 2.19. The summed E-state index contributed by atoms with van der Waals surface area (Å²) in [5.41, 5.74) is 2.50. The summed E-state index contributed by atoms with van der Waals surface area (Å²) in [4.78, 5) is 22.9. The highest BCUT2D eigenvalue weighted by atomic mass is 16.5. The monoisotopic (exact) mass is 355 g/mol. The van der Waals surface area contributed by atoms with E-state index in [2.05, 4.69) is 32.5 Å². The van der Waals surface area contributed by atoms with Gasteiger partial charge in [-0.3, -0.25) is 10.3 Å². The lowest BCUT2D eigenvalue weighted by Crippen LogP contribution is -2.35. The average molecular weight is 355 g/mol. The highest BCUT2D eigenvalue weighted by molar-refractivity contribution is 6.00. The third kappa shape index (κ3) is 4.92. The van der Waals surface area contributed by atoms with Gasteiger partial charge in [0, 0.05) is 13.1 Å². The molecule has 3 rings (SSSR count). The number of piperidine rings is 1. The molecule has 1 fully saturated rings. The number of nitrogens with zero attached hydrogens (tertiary/aromatic N) is 3. The topological polar surface area (TPSA) is 79.4 Å². The summed E-state index contributed by atoms with van der Waals surface area (Å²) in [6.07, 6.45) is 5.27. The summed E-state index contributed by atoms with van der Waals surface area (Å²) in [6.45, 7) is 5.86. The zero-order valence-electron chi connectivity index (χ0n) is 15.5. The zero-order chi connectivity index (χ0) is 18.5. The lowest BCUT2D eigenvalue weighted by molar-refractivity contribution is 0.115. The van der Waals surface area contributed by atoms with Gasteiger partial charge in [0.2, 0.25) is 0 Å². The Bertz CT molecular complexity index is 755. The molecule has 138 valence electrons. The summed E-state index contributed by atoms with van der Waals surface area (Å²) in [5, 5.41) is 5.55. The molecule has 1 saturated heterocycles. The van der Waals surface area contributed by atoms with Gasteiger partial charge in [0.1, 0.15) is 11.9 Å². The van der Waals surface area contributed by atoms with E-state index in [9.17, 15) is 4.79 Å². The van der Waals surface area contributed by atoms with Crippen LogP contribution in [0.1, 0.15) is 24.1 Å². The second-order valence-corrected chi connectivity index (χ2v) is 6.74. The first kappa shape index (κ1) is 18.1. The van der Waals surface area contributed by atoms with Crippen molar-refractivity contribution in [3.8, 4) is 5.75 Å². The number of rotatable bonds is 4. The van der Waals surface area contributed by atoms with Gasteiger partial charge < -0.3 is 15.0 Å². The third-order valence-electron chi connectivity index (χ3n) is 4.37. The van der Waals surface area contributed by atoms with Gasteiger partial charge in [-0.15, -0.1) is 0 Å². The van der Waals surface area contributed by atoms with Crippen LogP contribution in [0.4, 0.5) is 16.3 Å². The van der Waals surface area contributed by atoms with Gasteiger partial charge in [-0.05, 0) is 51.4 Å². The van der Waals surface area contributed by atoms with Crippen molar-refractivity contribution >= 4 is 17.5 Å². The number of hydrogen-bond acceptors (Lipinski definition) is 5. The Kier molecular flexibility index (Phi) is 5.68. The van der Waals surface area contributed by atoms with Gasteiger partial charge in [-0.25, -0.2) is 9.78 Å². The number of likely N-dealkylation sites (tertiary alicyclic amines) is 1. The molecule has 0 radical (unpaired) electrons. The predicted octanol–water partition coefficient (Wildman–Crippen LogP) is 3.21. The summed E-state index contributed by atoms with van der Waals surface area (Å²) < 4.78 is 6.16. The number of aromatic nitrogens is 2. The molecule has 0 unspecified atom stereocenters. The molecule has 2 aromatic rings. The van der Waals surface area contributed by atoms with Crippen LogP contribution in [-0.4, -0.2) is 47.1 Å². The van der Waals surface area contributed by atoms with Gasteiger partial charge in [0.15, 0.2) is 5.82 Å². The number of amides is 2. The first-order valence-electron chi connectivity index (χ1n) is 8.82. The molecule has 26 heavy (non-hydrogen) atoms. The second-order valence-electron chi connectivity index (χ2n) is 6.74. The van der Waals surface area contributed by atoms with E-state index in [1.54, 1.807) is 6.20 Å². The fourth-order valence-corrected chi connectivity index (χ4v) is 2.85. The van der Waals surface area contributed by atoms with E-state index in [1.807, 2.05) is 32.0 Å². The van der Waals surface area contributed by atoms with Crippen molar-refractivity contribution in [3.63, 3.8) is 0 Å². The van der Waals surface area contributed by atoms with Crippen LogP contribution in [0.2, 0.25) is 0 Å². The van der Waals surface area contributed by atoms with Crippen molar-refractivity contribution in [2.75, 3.05) is 30.8 Å². The molecule has 1 aromatic heterocycles. The lowest BCUT2D eigenvalue weighted by atomic mass is 10.1. The number of aryl methyl sites for hydroxylation is 2. The first-order chi connectivity index (χ1) is 12.5. The van der Waals surface area contributed by atoms with E-state index in [1.165, 1.54) is 6.20 Å². The Labute approximate surface area is 153 Å². The smallest absolute Gasteiger partial charge is 0.324 e. The normalized spacial score (nSPS) is 15.5. The molecule has 0 saturated carbocycles. The fourth-order valence-electron chi connectivity index (χ4n) is 2.85. The maximum atomic E-state index is 12.3. The van der Waals surface area contributed by atoms with Crippen LogP contribution in [-0.2, 0) is 0 Å². The number of anilines is 2. The quantitative estimate of drug-likeness (QED) is 0.880. The molecule has 2 N–H and O–H groups in total. The second kappa shape index (κ2) is 8.14. The van der Waals surface area contributed by atoms with Gasteiger partial charge in [-0.1, -0.05) is 6.07 Å². The van der Waals surface area contributed by atoms with Gasteiger partial charge in [0.05, 0.1) is 23.8 Å². The number of urea groups is 1. The Morgan fingerprint density at radius 1 is 1.15 bits per heavy atom. The van der Waals surface area contributed by atoms with E-state index in [0.717, 1.165) is 37.2 Å². The molecule has 7 nitrogen and oxygen atoms in total. The summed E-state index contributed by atoms with van der Waals surface area (Å²) >= 11 is 0. The largest absolute Gasteiger partial charge is 0.488 e. The van der Waals surface area contributed by atoms with Crippen LogP contribution in [0.15, 0.2) is 30.6 Å². The van der Waals surface area contributed by atoms with Crippen LogP contribution in [0.3, 0.4) is 0 Å². The van der Waals surface area contributed by atoms with E-state index < -0.39 is 0 Å². The number of benzene rings is 1. The van der Waals surface area contributed by atoms with Crippen LogP contribution in [0.25, 0.3) is 0 Å². The number of ether oxygens (including phenoxy) is 1. The number of carbonyl (C=O) groups excluding carboxylic acids is 1. The van der Waals surface area contributed by atoms with E-state index >= 15 is 0 Å². The molecule has 2 amide bonds. The molecule has 1 aliphatic rings. The predicted molar refractivity (Wildman–Crippen MR) is 102 cm³/mol. The average Bonchev–Trinajstić information content (AvgIpc) is 2.61. The molecule has 2 heterocycles. The van der Waals surface area contributed by atoms with Crippen molar-refractivity contribution in [2.24, 2.45) is 0 Å². The minimum atomic E-state index is -0.373. The standard InChI is InChI=1S/C19H25N5O2/c1-13-4-5-17(26-15-6-8-24(3)9-7-15)16(10-13)22-19(25)23-18-12-20-14(2)11-21-18/h4-5,10-12,15H,6-9H2,1-3H3,(H2,21,22,23,25). The Balaban J connectivity index is 1.67. The molecule has 0 aliphatic carbocycles. The molecule has 0 spiro atoms. The van der Waals surface area contributed by atoms with Crippen molar-refractivity contribution in [2.45, 2.75) is 32.8 Å². The highest BCUT2D eigenvalue weighted by Crippen LogP contribution is 2.28. The SMILES string of the molecule is Cc1ccc(OC2CCN(C)CC2)c(NC(=O)Nc2cnc(C)cn2)c1. The summed E-state index contributed by atoms with van der Waals surface area (Å²) in [5.74, 6) is 1.09. The maximum absolute atomic E-state index is 12.3. The summed E-state index contributed by atoms with van der Waals surface area (Å²) in [6, 6.07) is 5.43. The van der Waals surface area contributed by atoms with Crippen LogP contribution >= 0.6 is 0 Å². The molecular weight excluding hydrogens is 330 g/mol. The number of hydrogen-bond donors (Lipinski definition) is 2. The molecular formula is C19H25N5O2. The third-order valence-corrected chi connectivity index (χ3v) is 4.37. The number of nitrogens with one attached hydrogen (secondary N) is 2. The molecule has 0 atom stereocenters. The first-order valence-corrected chi connectivity index (χ1v) is 8.82. The molecule has 1 aliphatic heterocycles. The van der Waals surface area contributed by atoms with Crippen molar-refractivity contribution in [1.82, 2.24) is 14.9 Å². The Hall–Kier alpha value is -2.67. The Morgan fingerprint density at radius 3 is 2.62 bits per heavy atom. The fraction of sp³-hybridized carbons (Fsp3) is 0.421. The number of carbonyl (C=O) groups is 1. The van der Waals surface area contributed by atoms with Crippen LogP contribution < -0.4 is 15.4 Å². The lowest BCUT2D eigenvalue weighted by Gasteiger charge is -2.30. The van der Waals surface area contributed by atoms with E-state index in [4.69, 9.17) is 4.74 Å². The van der Waals surface area contributed by atoms with E-state index in [-0.39, 0.29) is 12.1 Å². The Morgan fingerprint density at radius 2 is 1.92 bits per heavy atom. The minimum absolute atomic E-state index is 0.167. The summed E-state index contributed by atoms with van der Waals surface area (Å²) in [7, 11) is 2.12. The van der Waals surface area contributed by atoms with Crippen molar-refractivity contribution < 1.29 is 9.53 Å². The molecule has 1 aromatic carbocycles. The van der Waals surface area contributed by atoms with Crippen LogP contribution in [0.5, 0.6) is 5.75 Å². The zero-order valence-corrected chi connectivity index (χ0v) is 15.5. The van der Waals surface area contributed by atoms with Gasteiger partial charge >= 0.3 is 6.03 Å². The minimum Gasteiger partial charge on any atom is -0.488 e. The van der Waals surface area contributed by atoms with Crippen LogP contribution in [0, 0.1) is 13.8 Å².